The molecule has 2 aromatic rings. The monoisotopic (exact) mass is 479 g/mol. The zero-order valence-corrected chi connectivity index (χ0v) is 21.5. The molecule has 2 aliphatic carbocycles. The highest BCUT2D eigenvalue weighted by Crippen LogP contribution is 2.42. The van der Waals surface area contributed by atoms with Gasteiger partial charge in [-0.15, -0.1) is 0 Å². The average molecular weight is 480 g/mol. The summed E-state index contributed by atoms with van der Waals surface area (Å²) >= 11 is 0. The lowest BCUT2D eigenvalue weighted by Gasteiger charge is -2.42. The van der Waals surface area contributed by atoms with Gasteiger partial charge in [0.25, 0.3) is 0 Å². The van der Waals surface area contributed by atoms with Crippen molar-refractivity contribution in [2.45, 2.75) is 95.8 Å². The van der Waals surface area contributed by atoms with Crippen LogP contribution in [0.25, 0.3) is 0 Å². The minimum Gasteiger partial charge on any atom is -0.348 e. The normalized spacial score (nSPS) is 28.5. The molecule has 1 spiro atoms. The van der Waals surface area contributed by atoms with Gasteiger partial charge in [-0.1, -0.05) is 12.8 Å². The van der Waals surface area contributed by atoms with Crippen molar-refractivity contribution < 1.29 is 0 Å². The molecule has 4 aliphatic rings. The molecule has 4 fully saturated rings. The van der Waals surface area contributed by atoms with Crippen LogP contribution in [0.4, 0.5) is 0 Å². The summed E-state index contributed by atoms with van der Waals surface area (Å²) in [6.45, 7) is 8.51. The van der Waals surface area contributed by atoms with E-state index in [1.807, 2.05) is 24.8 Å². The molecule has 7 nitrogen and oxygen atoms in total. The van der Waals surface area contributed by atoms with Crippen molar-refractivity contribution in [1.82, 2.24) is 34.6 Å². The molecule has 2 saturated carbocycles. The molecule has 0 amide bonds. The lowest BCUT2D eigenvalue weighted by Crippen LogP contribution is -2.45. The molecule has 35 heavy (non-hydrogen) atoms. The van der Waals surface area contributed by atoms with E-state index in [1.54, 1.807) is 0 Å². The predicted octanol–water partition coefficient (Wildman–Crippen LogP) is 4.42. The zero-order chi connectivity index (χ0) is 23.5. The number of likely N-dealkylation sites (tertiary alicyclic amines) is 2. The van der Waals surface area contributed by atoms with Crippen molar-refractivity contribution in [1.29, 1.82) is 0 Å². The summed E-state index contributed by atoms with van der Waals surface area (Å²) in [7, 11) is 0. The van der Waals surface area contributed by atoms with Gasteiger partial charge >= 0.3 is 0 Å². The SMILES string of the molecule is c1c[nH]c(CN(Cc2ncc[nH]2)C2CCC(CN3CCC4(CCN(C5CCCC5)CC4)C3)CC2)n1. The van der Waals surface area contributed by atoms with Crippen LogP contribution in [0, 0.1) is 11.3 Å². The molecule has 0 radical (unpaired) electrons. The van der Waals surface area contributed by atoms with Crippen LogP contribution in [-0.2, 0) is 13.1 Å². The maximum atomic E-state index is 4.49. The summed E-state index contributed by atoms with van der Waals surface area (Å²) in [6.07, 6.45) is 23.1. The number of rotatable bonds is 8. The Morgan fingerprint density at radius 3 is 2.06 bits per heavy atom. The number of aromatic nitrogens is 4. The molecule has 0 atom stereocenters. The summed E-state index contributed by atoms with van der Waals surface area (Å²) in [4.78, 5) is 23.9. The molecule has 6 rings (SSSR count). The van der Waals surface area contributed by atoms with E-state index < -0.39 is 0 Å². The van der Waals surface area contributed by atoms with E-state index in [2.05, 4.69) is 34.6 Å². The van der Waals surface area contributed by atoms with Gasteiger partial charge in [-0.2, -0.15) is 0 Å². The van der Waals surface area contributed by atoms with Gasteiger partial charge in [-0.3, -0.25) is 4.90 Å². The number of H-pyrrole nitrogens is 2. The van der Waals surface area contributed by atoms with Crippen LogP contribution in [-0.4, -0.2) is 79.4 Å². The Morgan fingerprint density at radius 2 is 1.46 bits per heavy atom. The van der Waals surface area contributed by atoms with E-state index in [-0.39, 0.29) is 0 Å². The quantitative estimate of drug-likeness (QED) is 0.587. The molecule has 0 aromatic carbocycles. The average Bonchev–Trinajstić information content (AvgIpc) is 3.70. The fourth-order valence-electron chi connectivity index (χ4n) is 7.75. The van der Waals surface area contributed by atoms with Crippen LogP contribution < -0.4 is 0 Å². The molecule has 0 bridgehead atoms. The first-order chi connectivity index (χ1) is 17.2. The lowest BCUT2D eigenvalue weighted by atomic mass is 9.77. The van der Waals surface area contributed by atoms with Crippen molar-refractivity contribution in [3.8, 4) is 0 Å². The number of nitrogens with zero attached hydrogens (tertiary/aromatic N) is 5. The van der Waals surface area contributed by atoms with E-state index >= 15 is 0 Å². The number of hydrogen-bond acceptors (Lipinski definition) is 5. The maximum absolute atomic E-state index is 4.49. The smallest absolute Gasteiger partial charge is 0.120 e. The molecular formula is C28H45N7. The highest BCUT2D eigenvalue weighted by Gasteiger charge is 2.42. The molecular weight excluding hydrogens is 434 g/mol. The fourth-order valence-corrected chi connectivity index (χ4v) is 7.75. The van der Waals surface area contributed by atoms with Gasteiger partial charge < -0.3 is 19.8 Å². The fraction of sp³-hybridized carbons (Fsp3) is 0.786. The van der Waals surface area contributed by atoms with Crippen LogP contribution in [0.5, 0.6) is 0 Å². The van der Waals surface area contributed by atoms with Crippen LogP contribution in [0.15, 0.2) is 24.8 Å². The first-order valence-corrected chi connectivity index (χ1v) is 14.4. The van der Waals surface area contributed by atoms with Crippen LogP contribution >= 0.6 is 0 Å². The number of nitrogens with one attached hydrogen (secondary N) is 2. The number of imidazole rings is 2. The van der Waals surface area contributed by atoms with Gasteiger partial charge in [0, 0.05) is 50.0 Å². The van der Waals surface area contributed by atoms with Gasteiger partial charge in [-0.25, -0.2) is 9.97 Å². The van der Waals surface area contributed by atoms with Gasteiger partial charge in [0.1, 0.15) is 11.6 Å². The third-order valence-electron chi connectivity index (χ3n) is 9.88. The first-order valence-electron chi connectivity index (χ1n) is 14.4. The summed E-state index contributed by atoms with van der Waals surface area (Å²) in [6, 6.07) is 1.53. The Labute approximate surface area is 211 Å². The molecule has 0 unspecified atom stereocenters. The number of aromatic amines is 2. The molecule has 2 N–H and O–H groups in total. The Hall–Kier alpha value is -1.70. The first kappa shape index (κ1) is 23.7. The summed E-state index contributed by atoms with van der Waals surface area (Å²) < 4.78 is 0. The van der Waals surface area contributed by atoms with E-state index in [1.165, 1.54) is 103 Å². The standard InChI is InChI=1S/C28H45N7/c1-2-4-24(3-1)34-17-10-28(11-18-34)9-16-33(22-28)19-23-5-7-25(8-6-23)35(20-26-29-12-13-30-26)21-27-31-14-15-32-27/h12-15,23-25H,1-11,16-22H2,(H,29,30)(H,31,32). The summed E-state index contributed by atoms with van der Waals surface area (Å²) in [5.74, 6) is 2.98. The summed E-state index contributed by atoms with van der Waals surface area (Å²) in [5.41, 5.74) is 0.634. The minimum atomic E-state index is 0.617. The molecule has 2 aliphatic heterocycles. The largest absolute Gasteiger partial charge is 0.348 e. The lowest BCUT2D eigenvalue weighted by molar-refractivity contribution is 0.0725. The minimum absolute atomic E-state index is 0.617. The summed E-state index contributed by atoms with van der Waals surface area (Å²) in [5, 5.41) is 0. The molecule has 2 saturated heterocycles. The van der Waals surface area contributed by atoms with Crippen molar-refractivity contribution in [3.05, 3.63) is 36.4 Å². The third kappa shape index (κ3) is 5.67. The van der Waals surface area contributed by atoms with Gasteiger partial charge in [0.15, 0.2) is 0 Å². The van der Waals surface area contributed by atoms with E-state index in [0.29, 0.717) is 11.5 Å². The van der Waals surface area contributed by atoms with Gasteiger partial charge in [0.2, 0.25) is 0 Å². The zero-order valence-electron chi connectivity index (χ0n) is 21.5. The second-order valence-corrected chi connectivity index (χ2v) is 12.1. The van der Waals surface area contributed by atoms with Crippen LogP contribution in [0.3, 0.4) is 0 Å². The van der Waals surface area contributed by atoms with Crippen LogP contribution in [0.1, 0.15) is 82.3 Å². The van der Waals surface area contributed by atoms with Crippen molar-refractivity contribution in [2.75, 3.05) is 32.7 Å². The Balaban J connectivity index is 0.975. The van der Waals surface area contributed by atoms with E-state index in [4.69, 9.17) is 0 Å². The Bertz CT molecular complexity index is 836. The highest BCUT2D eigenvalue weighted by atomic mass is 15.2. The second-order valence-electron chi connectivity index (χ2n) is 12.1. The Kier molecular flexibility index (Phi) is 7.26. The number of piperidine rings is 1. The number of hydrogen-bond donors (Lipinski definition) is 2. The van der Waals surface area contributed by atoms with Crippen molar-refractivity contribution in [2.24, 2.45) is 11.3 Å². The van der Waals surface area contributed by atoms with E-state index in [9.17, 15) is 0 Å². The third-order valence-corrected chi connectivity index (χ3v) is 9.88. The van der Waals surface area contributed by atoms with Crippen molar-refractivity contribution in [3.63, 3.8) is 0 Å². The Morgan fingerprint density at radius 1 is 0.829 bits per heavy atom. The molecule has 2 aromatic heterocycles. The van der Waals surface area contributed by atoms with Gasteiger partial charge in [0.05, 0.1) is 13.1 Å². The molecule has 7 heteroatoms. The van der Waals surface area contributed by atoms with Crippen molar-refractivity contribution >= 4 is 0 Å². The molecule has 4 heterocycles. The van der Waals surface area contributed by atoms with Gasteiger partial charge in [-0.05, 0) is 88.8 Å². The van der Waals surface area contributed by atoms with E-state index in [0.717, 1.165) is 36.7 Å². The predicted molar refractivity (Wildman–Crippen MR) is 139 cm³/mol. The highest BCUT2D eigenvalue weighted by molar-refractivity contribution is 4.97. The van der Waals surface area contributed by atoms with Crippen LogP contribution in [0.2, 0.25) is 0 Å². The molecule has 192 valence electrons. The maximum Gasteiger partial charge on any atom is 0.120 e. The second kappa shape index (κ2) is 10.7. The topological polar surface area (TPSA) is 67.1 Å².